The van der Waals surface area contributed by atoms with E-state index in [1.54, 1.807) is 12.1 Å². The molecule has 20 heavy (non-hydrogen) atoms. The van der Waals surface area contributed by atoms with Crippen LogP contribution in [0.25, 0.3) is 0 Å². The molecule has 0 bridgehead atoms. The Balaban J connectivity index is 3.00. The van der Waals surface area contributed by atoms with Gasteiger partial charge in [0, 0.05) is 23.2 Å². The molecular formula is C16H25ClFNO. The molecule has 114 valence electrons. The maximum Gasteiger partial charge on any atom is 0.127 e. The van der Waals surface area contributed by atoms with E-state index in [2.05, 4.69) is 26.1 Å². The molecule has 1 aromatic carbocycles. The molecule has 0 radical (unpaired) electrons. The molecule has 0 saturated carbocycles. The number of halogens is 2. The summed E-state index contributed by atoms with van der Waals surface area (Å²) in [4.78, 5) is 0. The molecule has 1 aromatic rings. The van der Waals surface area contributed by atoms with E-state index in [4.69, 9.17) is 16.3 Å². The summed E-state index contributed by atoms with van der Waals surface area (Å²) in [6, 6.07) is 4.80. The van der Waals surface area contributed by atoms with Gasteiger partial charge >= 0.3 is 0 Å². The Bertz CT molecular complexity index is 411. The van der Waals surface area contributed by atoms with E-state index in [1.165, 1.54) is 6.07 Å². The van der Waals surface area contributed by atoms with Crippen molar-refractivity contribution >= 4 is 11.6 Å². The lowest BCUT2D eigenvalue weighted by atomic mass is 9.82. The van der Waals surface area contributed by atoms with E-state index in [1.807, 2.05) is 14.0 Å². The number of benzene rings is 1. The highest BCUT2D eigenvalue weighted by molar-refractivity contribution is 6.31. The molecule has 0 aromatic heterocycles. The summed E-state index contributed by atoms with van der Waals surface area (Å²) in [5, 5.41) is 3.71. The zero-order valence-corrected chi connectivity index (χ0v) is 13.7. The van der Waals surface area contributed by atoms with Gasteiger partial charge in [-0.05, 0) is 37.9 Å². The van der Waals surface area contributed by atoms with Crippen LogP contribution in [-0.2, 0) is 11.2 Å². The fourth-order valence-corrected chi connectivity index (χ4v) is 2.70. The molecule has 1 rings (SSSR count). The van der Waals surface area contributed by atoms with Gasteiger partial charge in [0.1, 0.15) is 5.82 Å². The van der Waals surface area contributed by atoms with Crippen LogP contribution in [0.4, 0.5) is 4.39 Å². The van der Waals surface area contributed by atoms with Crippen LogP contribution in [0.1, 0.15) is 33.3 Å². The van der Waals surface area contributed by atoms with Crippen LogP contribution in [0.15, 0.2) is 18.2 Å². The monoisotopic (exact) mass is 301 g/mol. The van der Waals surface area contributed by atoms with Gasteiger partial charge in [0.2, 0.25) is 0 Å². The third kappa shape index (κ3) is 4.44. The molecule has 0 aliphatic carbocycles. The number of ether oxygens (including phenoxy) is 1. The van der Waals surface area contributed by atoms with E-state index >= 15 is 0 Å². The van der Waals surface area contributed by atoms with Crippen molar-refractivity contribution in [2.75, 3.05) is 13.7 Å². The van der Waals surface area contributed by atoms with Crippen molar-refractivity contribution in [3.63, 3.8) is 0 Å². The molecule has 0 heterocycles. The fraction of sp³-hybridized carbons (Fsp3) is 0.625. The van der Waals surface area contributed by atoms with Gasteiger partial charge < -0.3 is 10.1 Å². The van der Waals surface area contributed by atoms with Crippen LogP contribution in [0.5, 0.6) is 0 Å². The number of hydrogen-bond acceptors (Lipinski definition) is 2. The Kier molecular flexibility index (Phi) is 6.44. The second-order valence-corrected chi connectivity index (χ2v) is 6.45. The molecule has 1 N–H and O–H groups in total. The Hall–Kier alpha value is -0.640. The first-order valence-electron chi connectivity index (χ1n) is 7.03. The van der Waals surface area contributed by atoms with Crippen LogP contribution in [-0.4, -0.2) is 25.8 Å². The first-order chi connectivity index (χ1) is 9.31. The maximum atomic E-state index is 13.9. The highest BCUT2D eigenvalue weighted by Crippen LogP contribution is 2.29. The van der Waals surface area contributed by atoms with Crippen molar-refractivity contribution < 1.29 is 9.13 Å². The largest absolute Gasteiger partial charge is 0.376 e. The third-order valence-corrected chi connectivity index (χ3v) is 3.78. The first-order valence-corrected chi connectivity index (χ1v) is 7.40. The summed E-state index contributed by atoms with van der Waals surface area (Å²) >= 11 is 6.12. The molecule has 0 fully saturated rings. The van der Waals surface area contributed by atoms with Gasteiger partial charge in [-0.25, -0.2) is 4.39 Å². The second kappa shape index (κ2) is 7.39. The number of nitrogens with one attached hydrogen (secondary N) is 1. The summed E-state index contributed by atoms with van der Waals surface area (Å²) in [7, 11) is 1.87. The predicted molar refractivity (Wildman–Crippen MR) is 82.8 cm³/mol. The number of hydrogen-bond donors (Lipinski definition) is 1. The van der Waals surface area contributed by atoms with Crippen LogP contribution in [0.3, 0.4) is 0 Å². The van der Waals surface area contributed by atoms with Gasteiger partial charge in [-0.1, -0.05) is 38.4 Å². The Morgan fingerprint density at radius 1 is 1.35 bits per heavy atom. The smallest absolute Gasteiger partial charge is 0.127 e. The summed E-state index contributed by atoms with van der Waals surface area (Å²) in [5.41, 5.74) is 0.504. The summed E-state index contributed by atoms with van der Waals surface area (Å²) in [6.45, 7) is 8.98. The van der Waals surface area contributed by atoms with E-state index in [-0.39, 0.29) is 23.4 Å². The molecule has 2 atom stereocenters. The van der Waals surface area contributed by atoms with E-state index in [0.29, 0.717) is 23.6 Å². The molecule has 2 unspecified atom stereocenters. The zero-order chi connectivity index (χ0) is 15.3. The quantitative estimate of drug-likeness (QED) is 0.855. The maximum absolute atomic E-state index is 13.9. The van der Waals surface area contributed by atoms with Crippen molar-refractivity contribution in [3.8, 4) is 0 Å². The minimum Gasteiger partial charge on any atom is -0.376 e. The third-order valence-electron chi connectivity index (χ3n) is 3.42. The molecule has 2 nitrogen and oxygen atoms in total. The van der Waals surface area contributed by atoms with Crippen LogP contribution in [0.2, 0.25) is 5.02 Å². The second-order valence-electron chi connectivity index (χ2n) is 6.04. The van der Waals surface area contributed by atoms with Crippen LogP contribution >= 0.6 is 11.6 Å². The molecule has 0 saturated heterocycles. The van der Waals surface area contributed by atoms with Gasteiger partial charge in [-0.15, -0.1) is 0 Å². The number of rotatable bonds is 6. The van der Waals surface area contributed by atoms with Gasteiger partial charge in [-0.3, -0.25) is 0 Å². The van der Waals surface area contributed by atoms with E-state index in [9.17, 15) is 4.39 Å². The normalized spacial score (nSPS) is 15.2. The van der Waals surface area contributed by atoms with Gasteiger partial charge in [0.15, 0.2) is 0 Å². The molecule has 0 spiro atoms. The Morgan fingerprint density at radius 3 is 2.45 bits per heavy atom. The Labute approximate surface area is 126 Å². The lowest BCUT2D eigenvalue weighted by Crippen LogP contribution is -2.48. The average Bonchev–Trinajstić information content (AvgIpc) is 2.35. The minimum absolute atomic E-state index is 0.00403. The van der Waals surface area contributed by atoms with Crippen molar-refractivity contribution in [2.45, 2.75) is 46.3 Å². The highest BCUT2D eigenvalue weighted by Gasteiger charge is 2.33. The zero-order valence-electron chi connectivity index (χ0n) is 13.0. The lowest BCUT2D eigenvalue weighted by Gasteiger charge is -2.37. The average molecular weight is 302 g/mol. The number of likely N-dealkylation sites (N-methyl/N-ethyl adjacent to an activating group) is 1. The molecule has 0 aliphatic rings. The van der Waals surface area contributed by atoms with Crippen molar-refractivity contribution in [1.82, 2.24) is 5.32 Å². The van der Waals surface area contributed by atoms with Crippen molar-refractivity contribution in [3.05, 3.63) is 34.6 Å². The molecular weight excluding hydrogens is 277 g/mol. The molecule has 0 aliphatic heterocycles. The van der Waals surface area contributed by atoms with Crippen LogP contribution < -0.4 is 5.32 Å². The van der Waals surface area contributed by atoms with Gasteiger partial charge in [-0.2, -0.15) is 0 Å². The topological polar surface area (TPSA) is 21.3 Å². The van der Waals surface area contributed by atoms with E-state index < -0.39 is 0 Å². The Morgan fingerprint density at radius 2 is 2.00 bits per heavy atom. The first kappa shape index (κ1) is 17.4. The predicted octanol–water partition coefficient (Wildman–Crippen LogP) is 4.06. The van der Waals surface area contributed by atoms with Crippen LogP contribution in [0, 0.1) is 11.2 Å². The summed E-state index contributed by atoms with van der Waals surface area (Å²) in [6.07, 6.45) is 0.484. The summed E-state index contributed by atoms with van der Waals surface area (Å²) in [5.74, 6) is -0.262. The van der Waals surface area contributed by atoms with Crippen molar-refractivity contribution in [2.24, 2.45) is 5.41 Å². The minimum atomic E-state index is -0.262. The van der Waals surface area contributed by atoms with Crippen molar-refractivity contribution in [1.29, 1.82) is 0 Å². The summed E-state index contributed by atoms with van der Waals surface area (Å²) < 4.78 is 19.8. The van der Waals surface area contributed by atoms with Gasteiger partial charge in [0.05, 0.1) is 6.10 Å². The SMILES string of the molecule is CCOC(C(Cc1c(F)cccc1Cl)NC)C(C)(C)C. The fourth-order valence-electron chi connectivity index (χ4n) is 2.46. The molecule has 4 heteroatoms. The highest BCUT2D eigenvalue weighted by atomic mass is 35.5. The van der Waals surface area contributed by atoms with Gasteiger partial charge in [0.25, 0.3) is 0 Å². The standard InChI is InChI=1S/C16H25ClFNO/c1-6-20-15(16(2,3)4)14(19-5)10-11-12(17)8-7-9-13(11)18/h7-9,14-15,19H,6,10H2,1-5H3. The lowest BCUT2D eigenvalue weighted by molar-refractivity contribution is -0.0341. The van der Waals surface area contributed by atoms with E-state index in [0.717, 1.165) is 0 Å². The molecule has 0 amide bonds.